The van der Waals surface area contributed by atoms with Crippen molar-refractivity contribution in [1.29, 1.82) is 0 Å². The second-order valence-electron chi connectivity index (χ2n) is 15.2. The molecule has 0 unspecified atom stereocenters. The van der Waals surface area contributed by atoms with Crippen molar-refractivity contribution >= 4 is 35.4 Å². The number of nitrogens with zero attached hydrogens (tertiary/aromatic N) is 2. The van der Waals surface area contributed by atoms with Crippen LogP contribution in [0.4, 0.5) is 28.0 Å². The van der Waals surface area contributed by atoms with E-state index in [2.05, 4.69) is 10.6 Å². The fraction of sp³-hybridized carbons (Fsp3) is 0.585. The number of nitrogens with one attached hydrogen (secondary N) is 2. The van der Waals surface area contributed by atoms with Gasteiger partial charge in [-0.3, -0.25) is 19.2 Å². The van der Waals surface area contributed by atoms with Gasteiger partial charge in [0.15, 0.2) is 0 Å². The van der Waals surface area contributed by atoms with Crippen LogP contribution in [0.25, 0.3) is 0 Å². The van der Waals surface area contributed by atoms with Crippen LogP contribution in [0.1, 0.15) is 120 Å². The number of anilines is 1. The van der Waals surface area contributed by atoms with Gasteiger partial charge in [0, 0.05) is 43.6 Å². The number of alkyl halides is 3. The van der Waals surface area contributed by atoms with Crippen molar-refractivity contribution in [1.82, 2.24) is 15.1 Å². The predicted molar refractivity (Wildman–Crippen MR) is 197 cm³/mol. The van der Waals surface area contributed by atoms with Gasteiger partial charge < -0.3 is 20.3 Å². The molecule has 10 nitrogen and oxygen atoms in total. The van der Waals surface area contributed by atoms with E-state index < -0.39 is 54.6 Å². The molecule has 2 atom stereocenters. The average Bonchev–Trinajstić information content (AvgIpc) is 3.84. The van der Waals surface area contributed by atoms with Gasteiger partial charge in [-0.25, -0.2) is 14.1 Å². The number of imide groups is 1. The summed E-state index contributed by atoms with van der Waals surface area (Å²) in [5.41, 5.74) is 0.0991. The van der Waals surface area contributed by atoms with Crippen LogP contribution in [0.2, 0.25) is 0 Å². The third kappa shape index (κ3) is 11.1. The molecular formula is C41H52F4N4O6. The Morgan fingerprint density at radius 1 is 0.927 bits per heavy atom. The molecule has 1 spiro atoms. The Morgan fingerprint density at radius 2 is 1.58 bits per heavy atom. The van der Waals surface area contributed by atoms with Crippen LogP contribution in [0.3, 0.4) is 0 Å². The molecule has 1 saturated heterocycles. The van der Waals surface area contributed by atoms with E-state index in [0.29, 0.717) is 51.8 Å². The topological polar surface area (TPSA) is 125 Å². The first-order valence-corrected chi connectivity index (χ1v) is 19.6. The SMILES string of the molecule is C[C@H](N(Cc1ccc(F)cc1)C(=O)CN1C(=O)O[C@@]2(CCc3cc(NC(=O)CCCCCCCCCCNC(=O)CC4CCCC4)ccc32)C1=O)C(F)(F)F. The number of carbonyl (C=O) groups is 5. The molecule has 2 aromatic carbocycles. The maximum atomic E-state index is 13.8. The van der Waals surface area contributed by atoms with Crippen LogP contribution in [0, 0.1) is 11.7 Å². The van der Waals surface area contributed by atoms with Gasteiger partial charge in [-0.05, 0) is 80.3 Å². The predicted octanol–water partition coefficient (Wildman–Crippen LogP) is 8.07. The monoisotopic (exact) mass is 772 g/mol. The summed E-state index contributed by atoms with van der Waals surface area (Å²) >= 11 is 0. The Kier molecular flexibility index (Phi) is 14.3. The highest BCUT2D eigenvalue weighted by Gasteiger charge is 2.58. The van der Waals surface area contributed by atoms with Gasteiger partial charge in [0.1, 0.15) is 18.4 Å². The number of fused-ring (bicyclic) bond motifs is 2. The minimum Gasteiger partial charge on any atom is -0.427 e. The lowest BCUT2D eigenvalue weighted by Gasteiger charge is -2.31. The van der Waals surface area contributed by atoms with E-state index in [1.54, 1.807) is 18.2 Å². The molecule has 55 heavy (non-hydrogen) atoms. The standard InChI is InChI=1S/C41H52F4N4O6/c1-28(41(43,44)45)48(26-30-15-17-32(42)18-16-30)37(52)27-49-38(53)40(55-39(49)54)22-21-31-25-33(19-20-34(31)40)47-35(50)14-8-6-4-2-3-5-7-11-23-46-36(51)24-29-12-9-10-13-29/h15-20,25,28-29H,2-14,21-24,26-27H2,1H3,(H,46,51)(H,47,50)/t28-,40+/m0/s1. The van der Waals surface area contributed by atoms with E-state index in [9.17, 15) is 41.5 Å². The van der Waals surface area contributed by atoms with Gasteiger partial charge in [0.2, 0.25) is 23.3 Å². The minimum absolute atomic E-state index is 0.0736. The first-order valence-electron chi connectivity index (χ1n) is 19.6. The van der Waals surface area contributed by atoms with Crippen molar-refractivity contribution in [2.75, 3.05) is 18.4 Å². The summed E-state index contributed by atoms with van der Waals surface area (Å²) in [7, 11) is 0. The summed E-state index contributed by atoms with van der Waals surface area (Å²) in [5.74, 6) is -1.96. The van der Waals surface area contributed by atoms with Crippen LogP contribution < -0.4 is 10.6 Å². The molecule has 2 aliphatic carbocycles. The highest BCUT2D eigenvalue weighted by molar-refractivity contribution is 6.06. The molecule has 1 aliphatic heterocycles. The number of unbranched alkanes of at least 4 members (excludes halogenated alkanes) is 7. The van der Waals surface area contributed by atoms with Gasteiger partial charge in [0.05, 0.1) is 0 Å². The molecule has 1 heterocycles. The van der Waals surface area contributed by atoms with E-state index in [1.165, 1.54) is 37.8 Å². The Bertz CT molecular complexity index is 1680. The molecular weight excluding hydrogens is 720 g/mol. The first kappa shape index (κ1) is 41.7. The molecule has 5 amide bonds. The van der Waals surface area contributed by atoms with Gasteiger partial charge in [0.25, 0.3) is 5.91 Å². The van der Waals surface area contributed by atoms with E-state index in [0.717, 1.165) is 77.0 Å². The molecule has 0 bridgehead atoms. The first-order chi connectivity index (χ1) is 26.3. The number of carbonyl (C=O) groups excluding carboxylic acids is 5. The summed E-state index contributed by atoms with van der Waals surface area (Å²) in [6.07, 6.45) is 8.48. The van der Waals surface area contributed by atoms with E-state index in [-0.39, 0.29) is 23.8 Å². The number of aryl methyl sites for hydroxylation is 1. The summed E-state index contributed by atoms with van der Waals surface area (Å²) < 4.78 is 60.3. The zero-order valence-corrected chi connectivity index (χ0v) is 31.5. The molecule has 14 heteroatoms. The number of hydrogen-bond acceptors (Lipinski definition) is 6. The molecule has 300 valence electrons. The molecule has 2 N–H and O–H groups in total. The zero-order chi connectivity index (χ0) is 39.6. The number of halogens is 4. The summed E-state index contributed by atoms with van der Waals surface area (Å²) in [6.45, 7) is 0.0499. The van der Waals surface area contributed by atoms with Gasteiger partial charge in [-0.2, -0.15) is 13.2 Å². The maximum Gasteiger partial charge on any atom is 0.418 e. The van der Waals surface area contributed by atoms with Crippen molar-refractivity contribution in [3.63, 3.8) is 0 Å². The van der Waals surface area contributed by atoms with E-state index >= 15 is 0 Å². The normalized spacial score (nSPS) is 18.7. The van der Waals surface area contributed by atoms with Gasteiger partial charge in [-0.15, -0.1) is 0 Å². The second kappa shape index (κ2) is 18.9. The molecule has 3 aliphatic rings. The summed E-state index contributed by atoms with van der Waals surface area (Å²) in [4.78, 5) is 65.7. The van der Waals surface area contributed by atoms with E-state index in [4.69, 9.17) is 4.74 Å². The third-order valence-corrected chi connectivity index (χ3v) is 11.1. The number of benzene rings is 2. The molecule has 0 radical (unpaired) electrons. The highest BCUT2D eigenvalue weighted by atomic mass is 19.4. The summed E-state index contributed by atoms with van der Waals surface area (Å²) in [6, 6.07) is 7.28. The molecule has 5 rings (SSSR count). The smallest absolute Gasteiger partial charge is 0.418 e. The molecule has 0 aromatic heterocycles. The number of hydrogen-bond donors (Lipinski definition) is 2. The van der Waals surface area contributed by atoms with Crippen LogP contribution >= 0.6 is 0 Å². The fourth-order valence-electron chi connectivity index (χ4n) is 7.83. The van der Waals surface area contributed by atoms with Crippen LogP contribution in [-0.4, -0.2) is 64.8 Å². The Labute approximate surface area is 319 Å². The van der Waals surface area contributed by atoms with Crippen LogP contribution in [0.15, 0.2) is 42.5 Å². The van der Waals surface area contributed by atoms with Crippen LogP contribution in [0.5, 0.6) is 0 Å². The lowest BCUT2D eigenvalue weighted by molar-refractivity contribution is -0.187. The quantitative estimate of drug-likeness (QED) is 0.110. The second-order valence-corrected chi connectivity index (χ2v) is 15.2. The lowest BCUT2D eigenvalue weighted by atomic mass is 9.94. The number of ether oxygens (including phenoxy) is 1. The third-order valence-electron chi connectivity index (χ3n) is 11.1. The van der Waals surface area contributed by atoms with Gasteiger partial charge in [-0.1, -0.05) is 69.6 Å². The largest absolute Gasteiger partial charge is 0.427 e. The van der Waals surface area contributed by atoms with Crippen LogP contribution in [-0.2, 0) is 42.5 Å². The van der Waals surface area contributed by atoms with Crippen molar-refractivity contribution in [3.8, 4) is 0 Å². The van der Waals surface area contributed by atoms with Crippen molar-refractivity contribution in [2.24, 2.45) is 5.92 Å². The Balaban J connectivity index is 1.03. The Morgan fingerprint density at radius 3 is 2.25 bits per heavy atom. The highest BCUT2D eigenvalue weighted by Crippen LogP contribution is 2.46. The maximum absolute atomic E-state index is 13.8. The number of amides is 5. The minimum atomic E-state index is -4.81. The van der Waals surface area contributed by atoms with Crippen molar-refractivity contribution < 1.29 is 46.3 Å². The molecule has 1 saturated carbocycles. The Hall–Kier alpha value is -4.49. The molecule has 2 fully saturated rings. The van der Waals surface area contributed by atoms with Gasteiger partial charge >= 0.3 is 12.3 Å². The zero-order valence-electron chi connectivity index (χ0n) is 31.5. The average molecular weight is 773 g/mol. The van der Waals surface area contributed by atoms with Crippen molar-refractivity contribution in [2.45, 2.75) is 134 Å². The lowest BCUT2D eigenvalue weighted by Crippen LogP contribution is -2.51. The fourth-order valence-corrected chi connectivity index (χ4v) is 7.83. The number of rotatable bonds is 19. The molecule has 2 aromatic rings. The van der Waals surface area contributed by atoms with Crippen molar-refractivity contribution in [3.05, 3.63) is 65.0 Å². The summed E-state index contributed by atoms with van der Waals surface area (Å²) in [5, 5.41) is 5.94. The van der Waals surface area contributed by atoms with E-state index in [1.807, 2.05) is 0 Å².